The van der Waals surface area contributed by atoms with Crippen LogP contribution in [0.5, 0.6) is 0 Å². The van der Waals surface area contributed by atoms with Gasteiger partial charge in [0.2, 0.25) is 5.91 Å². The third-order valence-electron chi connectivity index (χ3n) is 3.38. The van der Waals surface area contributed by atoms with Gasteiger partial charge >= 0.3 is 0 Å². The maximum atomic E-state index is 12.1. The highest BCUT2D eigenvalue weighted by Gasteiger charge is 2.10. The summed E-state index contributed by atoms with van der Waals surface area (Å²) in [6, 6.07) is 16.4. The Kier molecular flexibility index (Phi) is 5.45. The highest BCUT2D eigenvalue weighted by Crippen LogP contribution is 2.23. The molecule has 0 radical (unpaired) electrons. The largest absolute Gasteiger partial charge is 0.349 e. The quantitative estimate of drug-likeness (QED) is 0.835. The van der Waals surface area contributed by atoms with Crippen molar-refractivity contribution in [3.63, 3.8) is 0 Å². The molecule has 2 nitrogen and oxygen atoms in total. The van der Waals surface area contributed by atoms with Crippen LogP contribution >= 0.6 is 11.8 Å². The van der Waals surface area contributed by atoms with Crippen molar-refractivity contribution in [1.82, 2.24) is 5.32 Å². The predicted molar refractivity (Wildman–Crippen MR) is 89.6 cm³/mol. The third kappa shape index (κ3) is 4.64. The zero-order valence-electron chi connectivity index (χ0n) is 12.7. The van der Waals surface area contributed by atoms with Gasteiger partial charge in [-0.15, -0.1) is 11.8 Å². The van der Waals surface area contributed by atoms with Gasteiger partial charge in [0.15, 0.2) is 0 Å². The molecule has 2 rings (SSSR count). The first kappa shape index (κ1) is 15.6. The number of benzene rings is 2. The molecule has 0 unspecified atom stereocenters. The molecule has 0 heterocycles. The average molecular weight is 299 g/mol. The van der Waals surface area contributed by atoms with Crippen molar-refractivity contribution in [1.29, 1.82) is 0 Å². The van der Waals surface area contributed by atoms with Crippen molar-refractivity contribution in [2.45, 2.75) is 31.7 Å². The molecular formula is C18H21NOS. The highest BCUT2D eigenvalue weighted by atomic mass is 32.2. The summed E-state index contributed by atoms with van der Waals surface area (Å²) in [7, 11) is 0. The van der Waals surface area contributed by atoms with Crippen LogP contribution in [0.15, 0.2) is 53.4 Å². The molecule has 0 fully saturated rings. The molecule has 1 atom stereocenters. The molecule has 2 aromatic carbocycles. The van der Waals surface area contributed by atoms with Gasteiger partial charge in [0.05, 0.1) is 11.8 Å². The van der Waals surface area contributed by atoms with Crippen molar-refractivity contribution in [3.8, 4) is 0 Å². The Bertz CT molecular complexity index is 610. The van der Waals surface area contributed by atoms with Crippen LogP contribution in [-0.4, -0.2) is 11.7 Å². The van der Waals surface area contributed by atoms with E-state index in [4.69, 9.17) is 0 Å². The second kappa shape index (κ2) is 7.32. The van der Waals surface area contributed by atoms with Crippen LogP contribution in [0.1, 0.15) is 29.7 Å². The van der Waals surface area contributed by atoms with Crippen LogP contribution in [0.3, 0.4) is 0 Å². The van der Waals surface area contributed by atoms with Crippen molar-refractivity contribution in [2.24, 2.45) is 0 Å². The fraction of sp³-hybridized carbons (Fsp3) is 0.278. The van der Waals surface area contributed by atoms with Gasteiger partial charge in [0, 0.05) is 4.90 Å². The molecule has 0 saturated heterocycles. The number of rotatable bonds is 5. The Morgan fingerprint density at radius 2 is 1.86 bits per heavy atom. The van der Waals surface area contributed by atoms with Crippen LogP contribution in [0.4, 0.5) is 0 Å². The van der Waals surface area contributed by atoms with Gasteiger partial charge in [0.1, 0.15) is 0 Å². The van der Waals surface area contributed by atoms with E-state index in [1.54, 1.807) is 11.8 Å². The maximum absolute atomic E-state index is 12.1. The number of hydrogen-bond donors (Lipinski definition) is 1. The molecule has 110 valence electrons. The minimum absolute atomic E-state index is 0.0397. The van der Waals surface area contributed by atoms with Crippen LogP contribution in [0.2, 0.25) is 0 Å². The van der Waals surface area contributed by atoms with Gasteiger partial charge in [-0.1, -0.05) is 48.0 Å². The van der Waals surface area contributed by atoms with E-state index in [1.807, 2.05) is 37.3 Å². The summed E-state index contributed by atoms with van der Waals surface area (Å²) in [5.74, 6) is 0.513. The van der Waals surface area contributed by atoms with E-state index in [-0.39, 0.29) is 11.9 Å². The summed E-state index contributed by atoms with van der Waals surface area (Å²) in [6.45, 7) is 6.16. The second-order valence-electron chi connectivity index (χ2n) is 5.26. The van der Waals surface area contributed by atoms with Gasteiger partial charge < -0.3 is 5.32 Å². The molecule has 0 aliphatic rings. The standard InChI is InChI=1S/C18H21NOS/c1-13-9-10-14(2)17(11-13)21-12-18(20)19-15(3)16-7-5-4-6-8-16/h4-11,15H,12H2,1-3H3,(H,19,20)/t15-/m1/s1. The fourth-order valence-corrected chi connectivity index (χ4v) is 3.05. The Balaban J connectivity index is 1.89. The van der Waals surface area contributed by atoms with E-state index >= 15 is 0 Å². The summed E-state index contributed by atoms with van der Waals surface area (Å²) in [5, 5.41) is 3.04. The molecule has 1 N–H and O–H groups in total. The van der Waals surface area contributed by atoms with E-state index < -0.39 is 0 Å². The van der Waals surface area contributed by atoms with Crippen molar-refractivity contribution in [2.75, 3.05) is 5.75 Å². The molecular weight excluding hydrogens is 278 g/mol. The smallest absolute Gasteiger partial charge is 0.230 e. The highest BCUT2D eigenvalue weighted by molar-refractivity contribution is 8.00. The fourth-order valence-electron chi connectivity index (χ4n) is 2.11. The van der Waals surface area contributed by atoms with E-state index in [2.05, 4.69) is 37.4 Å². The normalized spacial score (nSPS) is 12.0. The van der Waals surface area contributed by atoms with Gasteiger partial charge in [-0.2, -0.15) is 0 Å². The summed E-state index contributed by atoms with van der Waals surface area (Å²) < 4.78 is 0. The first-order valence-corrected chi connectivity index (χ1v) is 8.09. The molecule has 1 amide bonds. The zero-order valence-corrected chi connectivity index (χ0v) is 13.5. The summed E-state index contributed by atoms with van der Waals surface area (Å²) in [5.41, 5.74) is 3.57. The number of aryl methyl sites for hydroxylation is 2. The van der Waals surface area contributed by atoms with Crippen molar-refractivity contribution >= 4 is 17.7 Å². The Labute approximate surface area is 131 Å². The molecule has 0 aromatic heterocycles. The lowest BCUT2D eigenvalue weighted by molar-refractivity contribution is -0.119. The molecule has 0 saturated carbocycles. The lowest BCUT2D eigenvalue weighted by Gasteiger charge is -2.14. The Hall–Kier alpha value is -1.74. The number of hydrogen-bond acceptors (Lipinski definition) is 2. The number of carbonyl (C=O) groups is 1. The summed E-state index contributed by atoms with van der Waals surface area (Å²) in [4.78, 5) is 13.2. The van der Waals surface area contributed by atoms with Gasteiger partial charge in [-0.05, 0) is 38.0 Å². The maximum Gasteiger partial charge on any atom is 0.230 e. The molecule has 2 aromatic rings. The SMILES string of the molecule is Cc1ccc(C)c(SCC(=O)N[C@H](C)c2ccccc2)c1. The van der Waals surface area contributed by atoms with Crippen LogP contribution < -0.4 is 5.32 Å². The molecule has 21 heavy (non-hydrogen) atoms. The first-order chi connectivity index (χ1) is 10.1. The predicted octanol–water partition coefficient (Wildman–Crippen LogP) is 4.27. The van der Waals surface area contributed by atoms with Crippen LogP contribution in [0.25, 0.3) is 0 Å². The lowest BCUT2D eigenvalue weighted by atomic mass is 10.1. The van der Waals surface area contributed by atoms with Gasteiger partial charge in [-0.3, -0.25) is 4.79 Å². The summed E-state index contributed by atoms with van der Waals surface area (Å²) in [6.07, 6.45) is 0. The molecule has 3 heteroatoms. The van der Waals surface area contributed by atoms with E-state index in [9.17, 15) is 4.79 Å². The monoisotopic (exact) mass is 299 g/mol. The van der Waals surface area contributed by atoms with Gasteiger partial charge in [-0.25, -0.2) is 0 Å². The Morgan fingerprint density at radius 1 is 1.14 bits per heavy atom. The van der Waals surface area contributed by atoms with E-state index in [0.29, 0.717) is 5.75 Å². The lowest BCUT2D eigenvalue weighted by Crippen LogP contribution is -2.28. The average Bonchev–Trinajstić information content (AvgIpc) is 2.49. The minimum Gasteiger partial charge on any atom is -0.349 e. The van der Waals surface area contributed by atoms with E-state index in [0.717, 1.165) is 5.56 Å². The van der Waals surface area contributed by atoms with Crippen molar-refractivity contribution in [3.05, 3.63) is 65.2 Å². The number of thioether (sulfide) groups is 1. The molecule has 0 aliphatic heterocycles. The van der Waals surface area contributed by atoms with Crippen LogP contribution in [-0.2, 0) is 4.79 Å². The zero-order chi connectivity index (χ0) is 15.2. The molecule has 0 bridgehead atoms. The molecule has 0 spiro atoms. The summed E-state index contributed by atoms with van der Waals surface area (Å²) >= 11 is 1.59. The van der Waals surface area contributed by atoms with Crippen LogP contribution in [0, 0.1) is 13.8 Å². The van der Waals surface area contributed by atoms with Gasteiger partial charge in [0.25, 0.3) is 0 Å². The van der Waals surface area contributed by atoms with E-state index in [1.165, 1.54) is 16.0 Å². The molecule has 0 aliphatic carbocycles. The second-order valence-corrected chi connectivity index (χ2v) is 6.27. The minimum atomic E-state index is 0.0397. The topological polar surface area (TPSA) is 29.1 Å². The van der Waals surface area contributed by atoms with Crippen molar-refractivity contribution < 1.29 is 4.79 Å². The first-order valence-electron chi connectivity index (χ1n) is 7.10. The number of amides is 1. The number of nitrogens with one attached hydrogen (secondary N) is 1. The number of carbonyl (C=O) groups excluding carboxylic acids is 1. The Morgan fingerprint density at radius 3 is 2.57 bits per heavy atom. The third-order valence-corrected chi connectivity index (χ3v) is 4.54.